The topological polar surface area (TPSA) is 102 Å². The van der Waals surface area contributed by atoms with E-state index in [1.165, 1.54) is 56.9 Å². The number of allylic oxidation sites excluding steroid dienone is 1. The summed E-state index contributed by atoms with van der Waals surface area (Å²) < 4.78 is 15.7. The number of carboxylic acids is 1. The first-order valence-corrected chi connectivity index (χ1v) is 13.0. The molecule has 0 aromatic heterocycles. The van der Waals surface area contributed by atoms with E-state index in [1.807, 2.05) is 0 Å². The average Bonchev–Trinajstić information content (AvgIpc) is 3.22. The molecule has 1 heterocycles. The van der Waals surface area contributed by atoms with Crippen molar-refractivity contribution < 1.29 is 33.7 Å². The van der Waals surface area contributed by atoms with E-state index in [-0.39, 0.29) is 18.6 Å². The molecule has 3 unspecified atom stereocenters. The van der Waals surface area contributed by atoms with E-state index < -0.39 is 23.7 Å². The second kappa shape index (κ2) is 11.7. The molecule has 7 heteroatoms. The molecule has 7 nitrogen and oxygen atoms in total. The third kappa shape index (κ3) is 7.30. The van der Waals surface area contributed by atoms with Gasteiger partial charge in [0.2, 0.25) is 0 Å². The number of carboxylic acid groups (broad SMARTS) is 1. The number of ether oxygens (including phenoxy) is 3. The lowest BCUT2D eigenvalue weighted by Gasteiger charge is -2.27. The van der Waals surface area contributed by atoms with Crippen molar-refractivity contribution >= 4 is 17.9 Å². The summed E-state index contributed by atoms with van der Waals surface area (Å²) in [5.41, 5.74) is 1.31. The van der Waals surface area contributed by atoms with Crippen LogP contribution >= 0.6 is 0 Å². The molecule has 0 amide bonds. The van der Waals surface area contributed by atoms with E-state index in [0.717, 1.165) is 38.5 Å². The highest BCUT2D eigenvalue weighted by molar-refractivity contribution is 5.82. The first-order valence-electron chi connectivity index (χ1n) is 13.0. The Morgan fingerprint density at radius 1 is 1.03 bits per heavy atom. The van der Waals surface area contributed by atoms with Gasteiger partial charge in [0.05, 0.1) is 12.2 Å². The minimum Gasteiger partial charge on any atom is -0.475 e. The van der Waals surface area contributed by atoms with E-state index in [4.69, 9.17) is 14.2 Å². The minimum atomic E-state index is -2.30. The highest BCUT2D eigenvalue weighted by Gasteiger charge is 2.50. The third-order valence-electron chi connectivity index (χ3n) is 8.05. The molecule has 2 saturated carbocycles. The van der Waals surface area contributed by atoms with Crippen LogP contribution in [0.25, 0.3) is 0 Å². The minimum absolute atomic E-state index is 0.0449. The van der Waals surface area contributed by atoms with E-state index in [9.17, 15) is 19.5 Å². The van der Waals surface area contributed by atoms with E-state index in [0.29, 0.717) is 18.3 Å². The lowest BCUT2D eigenvalue weighted by atomic mass is 9.84. The number of hydrogen-bond donors (Lipinski definition) is 1. The fourth-order valence-corrected chi connectivity index (χ4v) is 6.23. The van der Waals surface area contributed by atoms with Gasteiger partial charge in [-0.2, -0.15) is 0 Å². The second-order valence-corrected chi connectivity index (χ2v) is 10.9. The number of esters is 2. The van der Waals surface area contributed by atoms with E-state index in [1.54, 1.807) is 0 Å². The van der Waals surface area contributed by atoms with Gasteiger partial charge < -0.3 is 19.3 Å². The third-order valence-corrected chi connectivity index (χ3v) is 8.05. The standard InChI is InChI=1S/C27H42O7/c1-17-9-11-21(15-17)7-5-6-8-22-12-10-18(2)23(22)16-25-24(32-25)13-14-27(26(30)31,33-19(3)28)34-20(4)29/h17,21-25H,2,5-16H2,1,3-4H3,(H,30,31)/t17?,21?,22-,23-,24?,25+/m0/s1. The first kappa shape index (κ1) is 26.7. The molecule has 2 aliphatic carbocycles. The summed E-state index contributed by atoms with van der Waals surface area (Å²) in [5, 5.41) is 9.60. The van der Waals surface area contributed by atoms with Gasteiger partial charge in [0.25, 0.3) is 0 Å². The highest BCUT2D eigenvalue weighted by Crippen LogP contribution is 2.46. The molecule has 1 saturated heterocycles. The maximum atomic E-state index is 11.8. The van der Waals surface area contributed by atoms with Crippen LogP contribution in [0.3, 0.4) is 0 Å². The Bertz CT molecular complexity index is 744. The Balaban J connectivity index is 1.44. The molecule has 192 valence electrons. The maximum absolute atomic E-state index is 11.8. The zero-order valence-electron chi connectivity index (χ0n) is 21.1. The molecule has 0 aromatic carbocycles. The Morgan fingerprint density at radius 3 is 2.29 bits per heavy atom. The fourth-order valence-electron chi connectivity index (χ4n) is 6.23. The van der Waals surface area contributed by atoms with Crippen LogP contribution in [0, 0.1) is 23.7 Å². The number of rotatable bonds is 13. The fraction of sp³-hybridized carbons (Fsp3) is 0.815. The largest absolute Gasteiger partial charge is 0.475 e. The van der Waals surface area contributed by atoms with Crippen LogP contribution in [-0.4, -0.2) is 41.0 Å². The van der Waals surface area contributed by atoms with Crippen LogP contribution in [0.2, 0.25) is 0 Å². The molecular formula is C27H42O7. The number of carbonyl (C=O) groups excluding carboxylic acids is 2. The van der Waals surface area contributed by atoms with Crippen LogP contribution in [-0.2, 0) is 28.6 Å². The summed E-state index contributed by atoms with van der Waals surface area (Å²) in [6.45, 7) is 8.88. The lowest BCUT2D eigenvalue weighted by Crippen LogP contribution is -2.47. The van der Waals surface area contributed by atoms with Gasteiger partial charge in [-0.05, 0) is 62.2 Å². The highest BCUT2D eigenvalue weighted by atomic mass is 16.7. The Hall–Kier alpha value is -1.89. The van der Waals surface area contributed by atoms with Crippen molar-refractivity contribution in [2.24, 2.45) is 23.7 Å². The monoisotopic (exact) mass is 478 g/mol. The smallest absolute Gasteiger partial charge is 0.390 e. The van der Waals surface area contributed by atoms with Crippen LogP contribution in [0.5, 0.6) is 0 Å². The van der Waals surface area contributed by atoms with Gasteiger partial charge in [-0.15, -0.1) is 0 Å². The normalized spacial score (nSPS) is 30.9. The zero-order chi connectivity index (χ0) is 24.9. The molecule has 0 aromatic rings. The number of epoxide rings is 1. The van der Waals surface area contributed by atoms with Crippen molar-refractivity contribution in [1.82, 2.24) is 0 Å². The molecule has 1 aliphatic heterocycles. The van der Waals surface area contributed by atoms with Crippen molar-refractivity contribution in [3.05, 3.63) is 12.2 Å². The summed E-state index contributed by atoms with van der Waals surface area (Å²) in [6, 6.07) is 0. The van der Waals surface area contributed by atoms with Gasteiger partial charge >= 0.3 is 23.7 Å². The molecule has 0 radical (unpaired) electrons. The molecule has 6 atom stereocenters. The van der Waals surface area contributed by atoms with E-state index >= 15 is 0 Å². The van der Waals surface area contributed by atoms with Crippen molar-refractivity contribution in [3.8, 4) is 0 Å². The van der Waals surface area contributed by atoms with Crippen LogP contribution in [0.15, 0.2) is 12.2 Å². The van der Waals surface area contributed by atoms with Crippen LogP contribution in [0.1, 0.15) is 97.8 Å². The van der Waals surface area contributed by atoms with Crippen LogP contribution in [0.4, 0.5) is 0 Å². The van der Waals surface area contributed by atoms with Crippen molar-refractivity contribution in [1.29, 1.82) is 0 Å². The molecule has 1 N–H and O–H groups in total. The first-order chi connectivity index (χ1) is 16.1. The molecule has 34 heavy (non-hydrogen) atoms. The van der Waals surface area contributed by atoms with Gasteiger partial charge in [0, 0.05) is 20.3 Å². The predicted molar refractivity (Wildman–Crippen MR) is 127 cm³/mol. The SMILES string of the molecule is C=C1CC[C@H](CCCCC2CCC(C)C2)[C@H]1C[C@H]1OC1CCC(OC(C)=O)(OC(C)=O)C(=O)O. The van der Waals surface area contributed by atoms with Gasteiger partial charge in [0.15, 0.2) is 0 Å². The number of unbranched alkanes of at least 4 members (excludes halogenated alkanes) is 1. The molecule has 3 fully saturated rings. The van der Waals surface area contributed by atoms with Crippen molar-refractivity contribution in [2.45, 2.75) is 116 Å². The Labute approximate surface area is 203 Å². The molecular weight excluding hydrogens is 436 g/mol. The molecule has 0 spiro atoms. The predicted octanol–water partition coefficient (Wildman–Crippen LogP) is 5.41. The Kier molecular flexibility index (Phi) is 9.19. The summed E-state index contributed by atoms with van der Waals surface area (Å²) in [4.78, 5) is 34.7. The molecule has 3 aliphatic rings. The van der Waals surface area contributed by atoms with Crippen molar-refractivity contribution in [3.63, 3.8) is 0 Å². The number of carbonyl (C=O) groups is 3. The number of hydrogen-bond acceptors (Lipinski definition) is 6. The number of aliphatic carboxylic acids is 1. The van der Waals surface area contributed by atoms with E-state index in [2.05, 4.69) is 13.5 Å². The van der Waals surface area contributed by atoms with Crippen molar-refractivity contribution in [2.75, 3.05) is 0 Å². The maximum Gasteiger partial charge on any atom is 0.390 e. The lowest BCUT2D eigenvalue weighted by molar-refractivity contribution is -0.237. The summed E-state index contributed by atoms with van der Waals surface area (Å²) in [7, 11) is 0. The van der Waals surface area contributed by atoms with Gasteiger partial charge in [-0.1, -0.05) is 51.2 Å². The average molecular weight is 479 g/mol. The van der Waals surface area contributed by atoms with Crippen LogP contribution < -0.4 is 0 Å². The van der Waals surface area contributed by atoms with Gasteiger partial charge in [-0.25, -0.2) is 4.79 Å². The second-order valence-electron chi connectivity index (χ2n) is 10.9. The van der Waals surface area contributed by atoms with Gasteiger partial charge in [0.1, 0.15) is 0 Å². The van der Waals surface area contributed by atoms with Gasteiger partial charge in [-0.3, -0.25) is 9.59 Å². The summed E-state index contributed by atoms with van der Waals surface area (Å²) in [6.07, 6.45) is 12.7. The molecule has 3 rings (SSSR count). The zero-order valence-corrected chi connectivity index (χ0v) is 21.1. The summed E-state index contributed by atoms with van der Waals surface area (Å²) in [5.74, 6) is -2.48. The summed E-state index contributed by atoms with van der Waals surface area (Å²) >= 11 is 0. The molecule has 0 bridgehead atoms. The quantitative estimate of drug-likeness (QED) is 0.124. The Morgan fingerprint density at radius 2 is 1.71 bits per heavy atom.